The maximum absolute atomic E-state index is 12.9. The van der Waals surface area contributed by atoms with Crippen LogP contribution in [0.15, 0.2) is 23.1 Å². The van der Waals surface area contributed by atoms with E-state index in [0.29, 0.717) is 4.31 Å². The molecule has 2 aliphatic rings. The molecule has 1 fully saturated rings. The number of imide groups is 1. The van der Waals surface area contributed by atoms with Crippen molar-refractivity contribution in [3.8, 4) is 0 Å². The number of aryl methyl sites for hydroxylation is 1. The number of benzene rings is 1. The molecule has 3 amide bonds. The Balaban J connectivity index is 2.29. The number of fused-ring (bicyclic) bond motifs is 2. The lowest BCUT2D eigenvalue weighted by Crippen LogP contribution is -2.51. The lowest BCUT2D eigenvalue weighted by molar-refractivity contribution is -0.143. The Bertz CT molecular complexity index is 892. The Labute approximate surface area is 146 Å². The third kappa shape index (κ3) is 2.23. The smallest absolute Gasteiger partial charge is 0.268 e. The summed E-state index contributed by atoms with van der Waals surface area (Å²) in [7, 11) is -2.86. The van der Waals surface area contributed by atoms with E-state index >= 15 is 0 Å². The molecule has 134 valence electrons. The van der Waals surface area contributed by atoms with Crippen LogP contribution in [-0.4, -0.2) is 42.4 Å². The van der Waals surface area contributed by atoms with Gasteiger partial charge in [-0.2, -0.15) is 0 Å². The number of unbranched alkanes of at least 4 members (excludes halogenated alkanes) is 1. The molecule has 1 atom stereocenters. The van der Waals surface area contributed by atoms with Crippen molar-refractivity contribution in [2.24, 2.45) is 0 Å². The summed E-state index contributed by atoms with van der Waals surface area (Å²) < 4.78 is 26.4. The molecule has 3 rings (SSSR count). The minimum absolute atomic E-state index is 0.0700. The van der Waals surface area contributed by atoms with Gasteiger partial charge in [-0.25, -0.2) is 12.7 Å². The van der Waals surface area contributed by atoms with E-state index in [1.165, 1.54) is 13.1 Å². The summed E-state index contributed by atoms with van der Waals surface area (Å²) in [5, 5.41) is 0. The predicted octanol–water partition coefficient (Wildman–Crippen LogP) is 1.16. The molecule has 0 aromatic heterocycles. The number of sulfonamides is 1. The Morgan fingerprint density at radius 3 is 2.48 bits per heavy atom. The first-order valence-electron chi connectivity index (χ1n) is 8.18. The molecule has 0 N–H and O–H groups in total. The van der Waals surface area contributed by atoms with Gasteiger partial charge in [-0.15, -0.1) is 0 Å². The van der Waals surface area contributed by atoms with Crippen LogP contribution >= 0.6 is 0 Å². The molecule has 0 bridgehead atoms. The molecule has 1 saturated heterocycles. The second-order valence-corrected chi connectivity index (χ2v) is 8.27. The maximum atomic E-state index is 12.9. The molecule has 1 unspecified atom stereocenters. The third-order valence-corrected chi connectivity index (χ3v) is 6.86. The highest BCUT2D eigenvalue weighted by molar-refractivity contribution is 7.90. The average Bonchev–Trinajstić information content (AvgIpc) is 2.88. The van der Waals surface area contributed by atoms with Gasteiger partial charge < -0.3 is 0 Å². The van der Waals surface area contributed by atoms with Crippen LogP contribution in [0.4, 0.5) is 0 Å². The second kappa shape index (κ2) is 5.66. The number of amides is 3. The Kier molecular flexibility index (Phi) is 3.98. The first-order chi connectivity index (χ1) is 11.7. The Morgan fingerprint density at radius 2 is 1.96 bits per heavy atom. The predicted molar refractivity (Wildman–Crippen MR) is 88.8 cm³/mol. The van der Waals surface area contributed by atoms with Crippen LogP contribution in [0.3, 0.4) is 0 Å². The number of carbonyl (C=O) groups excluding carboxylic acids is 3. The fourth-order valence-electron chi connectivity index (χ4n) is 3.69. The highest BCUT2D eigenvalue weighted by Gasteiger charge is 2.65. The molecule has 0 aliphatic carbocycles. The van der Waals surface area contributed by atoms with E-state index in [-0.39, 0.29) is 16.9 Å². The summed E-state index contributed by atoms with van der Waals surface area (Å²) in [6.45, 7) is 3.14. The number of rotatable bonds is 3. The van der Waals surface area contributed by atoms with Gasteiger partial charge in [0, 0.05) is 19.5 Å². The summed E-state index contributed by atoms with van der Waals surface area (Å²) in [6, 6.07) is 4.81. The second-order valence-electron chi connectivity index (χ2n) is 6.52. The van der Waals surface area contributed by atoms with Crippen LogP contribution in [0.5, 0.6) is 0 Å². The van der Waals surface area contributed by atoms with Gasteiger partial charge in [-0.1, -0.05) is 25.5 Å². The summed E-state index contributed by atoms with van der Waals surface area (Å²) in [5.41, 5.74) is -0.664. The first kappa shape index (κ1) is 17.6. The quantitative estimate of drug-likeness (QED) is 0.751. The molecular weight excluding hydrogens is 344 g/mol. The monoisotopic (exact) mass is 364 g/mol. The van der Waals surface area contributed by atoms with E-state index in [9.17, 15) is 22.8 Å². The normalized spacial score (nSPS) is 24.3. The fraction of sp³-hybridized carbons (Fsp3) is 0.471. The first-order valence-corrected chi connectivity index (χ1v) is 9.62. The van der Waals surface area contributed by atoms with Crippen LogP contribution in [0.25, 0.3) is 0 Å². The standard InChI is InChI=1S/C17H20N2O5S/c1-4-5-6-12-7-8-14-13(9-12)17(10-15(21)18(3)16(17)22)19(11(2)20)25(14,23)24/h7-9H,4-6,10H2,1-3H3. The Hall–Kier alpha value is -2.22. The van der Waals surface area contributed by atoms with Gasteiger partial charge in [-0.3, -0.25) is 19.3 Å². The van der Waals surface area contributed by atoms with Gasteiger partial charge in [0.05, 0.1) is 11.3 Å². The summed E-state index contributed by atoms with van der Waals surface area (Å²) in [5.74, 6) is -1.95. The van der Waals surface area contributed by atoms with Gasteiger partial charge in [0.25, 0.3) is 15.9 Å². The Morgan fingerprint density at radius 1 is 1.28 bits per heavy atom. The van der Waals surface area contributed by atoms with Crippen molar-refractivity contribution in [3.05, 3.63) is 29.3 Å². The van der Waals surface area contributed by atoms with Crippen molar-refractivity contribution >= 4 is 27.7 Å². The largest absolute Gasteiger partial charge is 0.283 e. The number of hydrogen-bond acceptors (Lipinski definition) is 5. The van der Waals surface area contributed by atoms with E-state index in [1.807, 2.05) is 6.92 Å². The van der Waals surface area contributed by atoms with E-state index in [1.54, 1.807) is 12.1 Å². The number of nitrogens with zero attached hydrogens (tertiary/aromatic N) is 2. The molecule has 0 radical (unpaired) electrons. The van der Waals surface area contributed by atoms with Crippen molar-refractivity contribution in [1.29, 1.82) is 0 Å². The van der Waals surface area contributed by atoms with Gasteiger partial charge in [0.15, 0.2) is 5.54 Å². The lowest BCUT2D eigenvalue weighted by Gasteiger charge is -2.30. The number of likely N-dealkylation sites (tertiary alicyclic amines) is 1. The van der Waals surface area contributed by atoms with Crippen molar-refractivity contribution in [1.82, 2.24) is 9.21 Å². The fourth-order valence-corrected chi connectivity index (χ4v) is 5.62. The zero-order valence-electron chi connectivity index (χ0n) is 14.4. The molecular formula is C17H20N2O5S. The maximum Gasteiger partial charge on any atom is 0.268 e. The van der Waals surface area contributed by atoms with Crippen molar-refractivity contribution in [2.45, 2.75) is 50.0 Å². The molecule has 25 heavy (non-hydrogen) atoms. The molecule has 7 nitrogen and oxygen atoms in total. The lowest BCUT2D eigenvalue weighted by atomic mass is 9.86. The SMILES string of the molecule is CCCCc1ccc2c(c1)C1(CC(=O)N(C)C1=O)N(C(C)=O)S2(=O)=O. The number of likely N-dealkylation sites (N-methyl/N-ethyl adjacent to an activating group) is 1. The van der Waals surface area contributed by atoms with Crippen LogP contribution in [-0.2, 0) is 36.4 Å². The van der Waals surface area contributed by atoms with E-state index in [4.69, 9.17) is 0 Å². The highest BCUT2D eigenvalue weighted by Crippen LogP contribution is 2.50. The van der Waals surface area contributed by atoms with Crippen molar-refractivity contribution in [3.63, 3.8) is 0 Å². The summed E-state index contributed by atoms with van der Waals surface area (Å²) >= 11 is 0. The van der Waals surface area contributed by atoms with Crippen LogP contribution in [0.2, 0.25) is 0 Å². The minimum Gasteiger partial charge on any atom is -0.283 e. The third-order valence-electron chi connectivity index (χ3n) is 4.90. The molecule has 2 aliphatic heterocycles. The minimum atomic E-state index is -4.17. The van der Waals surface area contributed by atoms with Crippen LogP contribution in [0.1, 0.15) is 44.2 Å². The van der Waals surface area contributed by atoms with Gasteiger partial charge in [0.1, 0.15) is 0 Å². The average molecular weight is 364 g/mol. The summed E-state index contributed by atoms with van der Waals surface area (Å²) in [4.78, 5) is 38.0. The molecule has 2 heterocycles. The topological polar surface area (TPSA) is 91.8 Å². The zero-order chi connectivity index (χ0) is 18.6. The van der Waals surface area contributed by atoms with Crippen LogP contribution < -0.4 is 0 Å². The molecule has 0 saturated carbocycles. The highest BCUT2D eigenvalue weighted by atomic mass is 32.2. The van der Waals surface area contributed by atoms with Crippen molar-refractivity contribution < 1.29 is 22.8 Å². The van der Waals surface area contributed by atoms with Gasteiger partial charge in [-0.05, 0) is 24.5 Å². The van der Waals surface area contributed by atoms with E-state index < -0.39 is 33.3 Å². The zero-order valence-corrected chi connectivity index (χ0v) is 15.2. The molecule has 1 spiro atoms. The van der Waals surface area contributed by atoms with Gasteiger partial charge >= 0.3 is 0 Å². The van der Waals surface area contributed by atoms with Crippen molar-refractivity contribution in [2.75, 3.05) is 7.05 Å². The number of hydrogen-bond donors (Lipinski definition) is 0. The van der Waals surface area contributed by atoms with E-state index in [2.05, 4.69) is 0 Å². The van der Waals surface area contributed by atoms with E-state index in [0.717, 1.165) is 36.6 Å². The molecule has 8 heteroatoms. The number of carbonyl (C=O) groups is 3. The molecule has 1 aromatic carbocycles. The van der Waals surface area contributed by atoms with Crippen LogP contribution in [0, 0.1) is 0 Å². The van der Waals surface area contributed by atoms with Gasteiger partial charge in [0.2, 0.25) is 11.8 Å². The summed E-state index contributed by atoms with van der Waals surface area (Å²) in [6.07, 6.45) is 2.27. The molecule has 1 aromatic rings.